The number of benzene rings is 2. The Morgan fingerprint density at radius 2 is 1.46 bits per heavy atom. The van der Waals surface area contributed by atoms with Crippen LogP contribution in [0.1, 0.15) is 28.1 Å². The summed E-state index contributed by atoms with van der Waals surface area (Å²) >= 11 is 1.33. The molecule has 0 unspecified atom stereocenters. The number of alkyl halides is 6. The molecule has 4 aromatic rings. The Morgan fingerprint density at radius 1 is 0.865 bits per heavy atom. The van der Waals surface area contributed by atoms with Gasteiger partial charge in [0.2, 0.25) is 0 Å². The van der Waals surface area contributed by atoms with Crippen LogP contribution in [0.2, 0.25) is 0 Å². The van der Waals surface area contributed by atoms with Crippen LogP contribution in [0.15, 0.2) is 58.7 Å². The van der Waals surface area contributed by atoms with Crippen LogP contribution in [0.25, 0.3) is 22.0 Å². The molecule has 2 aromatic carbocycles. The van der Waals surface area contributed by atoms with Gasteiger partial charge in [-0.25, -0.2) is 9.97 Å². The Kier molecular flexibility index (Phi) is 6.40. The third-order valence-electron chi connectivity index (χ3n) is 6.03. The third kappa shape index (κ3) is 5.44. The Hall–Kier alpha value is -3.51. The number of aromatic nitrogens is 3. The molecule has 0 spiro atoms. The molecule has 5 nitrogen and oxygen atoms in total. The van der Waals surface area contributed by atoms with Gasteiger partial charge in [0.05, 0.1) is 28.1 Å². The van der Waals surface area contributed by atoms with E-state index in [1.165, 1.54) is 35.6 Å². The lowest BCUT2D eigenvalue weighted by Crippen LogP contribution is -2.35. The predicted octanol–water partition coefficient (Wildman–Crippen LogP) is 6.16. The van der Waals surface area contributed by atoms with E-state index in [2.05, 4.69) is 15.0 Å². The summed E-state index contributed by atoms with van der Waals surface area (Å²) in [6.45, 7) is 1.35. The maximum atomic E-state index is 12.8. The number of nitrogens with one attached hydrogen (secondary N) is 1. The maximum absolute atomic E-state index is 12.8. The molecule has 2 aromatic heterocycles. The van der Waals surface area contributed by atoms with Crippen molar-refractivity contribution in [3.05, 3.63) is 92.3 Å². The van der Waals surface area contributed by atoms with Crippen LogP contribution < -0.4 is 5.56 Å². The summed E-state index contributed by atoms with van der Waals surface area (Å²) in [5.74, 6) is 0.214. The fourth-order valence-electron chi connectivity index (χ4n) is 4.11. The van der Waals surface area contributed by atoms with Crippen molar-refractivity contribution in [3.63, 3.8) is 0 Å². The Balaban J connectivity index is 1.29. The van der Waals surface area contributed by atoms with E-state index >= 15 is 0 Å². The van der Waals surface area contributed by atoms with Crippen molar-refractivity contribution in [2.24, 2.45) is 0 Å². The van der Waals surface area contributed by atoms with Crippen LogP contribution in [0.5, 0.6) is 0 Å². The van der Waals surface area contributed by atoms with E-state index < -0.39 is 23.5 Å². The zero-order valence-electron chi connectivity index (χ0n) is 19.0. The normalized spacial score (nSPS) is 14.5. The van der Waals surface area contributed by atoms with Crippen molar-refractivity contribution in [1.29, 1.82) is 0 Å². The van der Waals surface area contributed by atoms with E-state index in [1.54, 1.807) is 0 Å². The molecule has 0 radical (unpaired) electrons. The summed E-state index contributed by atoms with van der Waals surface area (Å²) < 4.78 is 76.9. The van der Waals surface area contributed by atoms with E-state index in [1.807, 2.05) is 10.3 Å². The molecular weight excluding hydrogens is 518 g/mol. The highest BCUT2D eigenvalue weighted by Gasteiger charge is 2.31. The third-order valence-corrected chi connectivity index (χ3v) is 6.97. The van der Waals surface area contributed by atoms with Gasteiger partial charge < -0.3 is 4.98 Å². The SMILES string of the molecule is O=c1[nH]c(-c2ccc(C(F)(F)F)cc2)nc2c1CN(Cc1csc(-c3ccc(C(F)(F)F)cc3)n1)CC2. The van der Waals surface area contributed by atoms with Crippen molar-refractivity contribution >= 4 is 11.3 Å². The van der Waals surface area contributed by atoms with Crippen LogP contribution in [0, 0.1) is 0 Å². The number of nitrogens with zero attached hydrogens (tertiary/aromatic N) is 3. The largest absolute Gasteiger partial charge is 0.416 e. The molecule has 12 heteroatoms. The second-order valence-electron chi connectivity index (χ2n) is 8.59. The summed E-state index contributed by atoms with van der Waals surface area (Å²) in [5.41, 5.74) is 0.926. The first-order chi connectivity index (χ1) is 17.5. The first-order valence-corrected chi connectivity index (χ1v) is 12.0. The van der Waals surface area contributed by atoms with Crippen LogP contribution >= 0.6 is 11.3 Å². The summed E-state index contributed by atoms with van der Waals surface area (Å²) in [6, 6.07) is 9.28. The number of aromatic amines is 1. The fraction of sp³-hybridized carbons (Fsp3) is 0.240. The average molecular weight is 537 g/mol. The molecule has 0 atom stereocenters. The molecule has 0 aliphatic carbocycles. The standard InChI is InChI=1S/C25H18F6N4OS/c26-24(27,28)16-5-1-14(2-6-16)21-33-20-9-10-35(12-19(20)22(36)34-21)11-18-13-37-23(32-18)15-3-7-17(8-4-15)25(29,30)31/h1-8,13H,9-12H2,(H,33,34,36). The number of H-pyrrole nitrogens is 1. The van der Waals surface area contributed by atoms with Gasteiger partial charge in [0.25, 0.3) is 5.56 Å². The monoisotopic (exact) mass is 536 g/mol. The van der Waals surface area contributed by atoms with Gasteiger partial charge in [0.15, 0.2) is 0 Å². The fourth-order valence-corrected chi connectivity index (χ4v) is 4.93. The number of rotatable bonds is 4. The molecule has 0 bridgehead atoms. The number of fused-ring (bicyclic) bond motifs is 1. The molecule has 37 heavy (non-hydrogen) atoms. The minimum Gasteiger partial charge on any atom is -0.306 e. The maximum Gasteiger partial charge on any atom is 0.416 e. The number of hydrogen-bond donors (Lipinski definition) is 1. The van der Waals surface area contributed by atoms with Crippen LogP contribution in [-0.2, 0) is 31.9 Å². The van der Waals surface area contributed by atoms with Gasteiger partial charge in [-0.15, -0.1) is 11.3 Å². The Labute approximate surface area is 210 Å². The van der Waals surface area contributed by atoms with Gasteiger partial charge in [-0.05, 0) is 24.3 Å². The summed E-state index contributed by atoms with van der Waals surface area (Å²) in [4.78, 5) is 26.5. The lowest BCUT2D eigenvalue weighted by Gasteiger charge is -2.27. The van der Waals surface area contributed by atoms with Crippen molar-refractivity contribution in [1.82, 2.24) is 19.9 Å². The number of thiazole rings is 1. The Morgan fingerprint density at radius 3 is 2.05 bits per heavy atom. The summed E-state index contributed by atoms with van der Waals surface area (Å²) in [7, 11) is 0. The smallest absolute Gasteiger partial charge is 0.306 e. The van der Waals surface area contributed by atoms with Crippen LogP contribution in [0.4, 0.5) is 26.3 Å². The van der Waals surface area contributed by atoms with Gasteiger partial charge in [0, 0.05) is 42.6 Å². The lowest BCUT2D eigenvalue weighted by molar-refractivity contribution is -0.138. The predicted molar refractivity (Wildman–Crippen MR) is 126 cm³/mol. The molecule has 1 aliphatic heterocycles. The van der Waals surface area contributed by atoms with Crippen LogP contribution in [0.3, 0.4) is 0 Å². The van der Waals surface area contributed by atoms with Gasteiger partial charge in [-0.3, -0.25) is 9.69 Å². The minimum absolute atomic E-state index is 0.214. The zero-order valence-corrected chi connectivity index (χ0v) is 19.8. The van der Waals surface area contributed by atoms with E-state index in [-0.39, 0.29) is 11.4 Å². The number of hydrogen-bond acceptors (Lipinski definition) is 5. The highest BCUT2D eigenvalue weighted by molar-refractivity contribution is 7.13. The molecule has 1 N–H and O–H groups in total. The van der Waals surface area contributed by atoms with Crippen LogP contribution in [-0.4, -0.2) is 26.4 Å². The molecule has 1 aliphatic rings. The number of halogens is 6. The van der Waals surface area contributed by atoms with E-state index in [4.69, 9.17) is 0 Å². The molecule has 5 rings (SSSR count). The molecule has 0 fully saturated rings. The molecule has 192 valence electrons. The molecule has 0 saturated heterocycles. The molecular formula is C25H18F6N4OS. The quantitative estimate of drug-likeness (QED) is 0.318. The topological polar surface area (TPSA) is 61.9 Å². The summed E-state index contributed by atoms with van der Waals surface area (Å²) in [5, 5.41) is 2.43. The first-order valence-electron chi connectivity index (χ1n) is 11.1. The van der Waals surface area contributed by atoms with Crippen molar-refractivity contribution in [2.75, 3.05) is 6.54 Å². The van der Waals surface area contributed by atoms with Crippen molar-refractivity contribution in [3.8, 4) is 22.0 Å². The van der Waals surface area contributed by atoms with Crippen molar-refractivity contribution in [2.45, 2.75) is 31.9 Å². The highest BCUT2D eigenvalue weighted by atomic mass is 32.1. The molecule has 0 amide bonds. The van der Waals surface area contributed by atoms with Gasteiger partial charge >= 0.3 is 12.4 Å². The lowest BCUT2D eigenvalue weighted by atomic mass is 10.1. The highest BCUT2D eigenvalue weighted by Crippen LogP contribution is 2.33. The summed E-state index contributed by atoms with van der Waals surface area (Å²) in [6.07, 6.45) is -8.38. The Bertz CT molecular complexity index is 1470. The molecule has 0 saturated carbocycles. The minimum atomic E-state index is -4.45. The second-order valence-corrected chi connectivity index (χ2v) is 9.45. The van der Waals surface area contributed by atoms with E-state index in [0.29, 0.717) is 53.4 Å². The first kappa shape index (κ1) is 25.2. The molecule has 3 heterocycles. The van der Waals surface area contributed by atoms with Gasteiger partial charge in [0.1, 0.15) is 10.8 Å². The zero-order chi connectivity index (χ0) is 26.4. The van der Waals surface area contributed by atoms with Gasteiger partial charge in [-0.1, -0.05) is 24.3 Å². The van der Waals surface area contributed by atoms with Gasteiger partial charge in [-0.2, -0.15) is 26.3 Å². The van der Waals surface area contributed by atoms with E-state index in [0.717, 1.165) is 30.0 Å². The van der Waals surface area contributed by atoms with E-state index in [9.17, 15) is 31.1 Å². The van der Waals surface area contributed by atoms with Crippen molar-refractivity contribution < 1.29 is 26.3 Å². The second kappa shape index (κ2) is 9.42. The average Bonchev–Trinajstić information content (AvgIpc) is 3.32.